The predicted molar refractivity (Wildman–Crippen MR) is 41.5 cm³/mol. The molecule has 1 aliphatic rings. The second-order valence-corrected chi connectivity index (χ2v) is 4.97. The Balaban J connectivity index is 2.43. The van der Waals surface area contributed by atoms with Gasteiger partial charge >= 0.3 is 0 Å². The van der Waals surface area contributed by atoms with Crippen LogP contribution >= 0.6 is 0 Å². The van der Waals surface area contributed by atoms with E-state index in [1.165, 1.54) is 0 Å². The maximum absolute atomic E-state index is 12.6. The van der Waals surface area contributed by atoms with Gasteiger partial charge in [0.2, 0.25) is 5.92 Å². The first-order valence-corrected chi connectivity index (χ1v) is 5.68. The molecule has 0 aliphatic heterocycles. The van der Waals surface area contributed by atoms with Crippen molar-refractivity contribution in [2.45, 2.75) is 31.6 Å². The lowest BCUT2D eigenvalue weighted by molar-refractivity contribution is -0.0436. The fourth-order valence-electron chi connectivity index (χ4n) is 1.56. The monoisotopic (exact) mass is 213 g/mol. The molecule has 1 aliphatic carbocycles. The molecule has 0 N–H and O–H groups in total. The fraction of sp³-hybridized carbons (Fsp3) is 1.00. The van der Waals surface area contributed by atoms with E-state index in [4.69, 9.17) is 0 Å². The summed E-state index contributed by atoms with van der Waals surface area (Å²) < 4.78 is 56.1. The van der Waals surface area contributed by atoms with Gasteiger partial charge in [0.1, 0.15) is 0 Å². The van der Waals surface area contributed by atoms with Crippen LogP contribution in [0.1, 0.15) is 25.7 Å². The molecule has 0 unspecified atom stereocenters. The van der Waals surface area contributed by atoms with Crippen molar-refractivity contribution >= 4 is 10.1 Å². The lowest BCUT2D eigenvalue weighted by atomic mass is 9.88. The molecule has 0 aromatic carbocycles. The maximum Gasteiger partial charge on any atom is 0.248 e. The lowest BCUT2D eigenvalue weighted by Crippen LogP contribution is -2.28. The normalized spacial score (nSPS) is 24.5. The summed E-state index contributed by atoms with van der Waals surface area (Å²) in [4.78, 5) is 0. The Kier molecular flexibility index (Phi) is 2.91. The van der Waals surface area contributed by atoms with Gasteiger partial charge in [-0.3, -0.25) is 0 Å². The van der Waals surface area contributed by atoms with E-state index < -0.39 is 21.8 Å². The third-order valence-electron chi connectivity index (χ3n) is 2.28. The van der Waals surface area contributed by atoms with Gasteiger partial charge in [0.25, 0.3) is 0 Å². The molecule has 1 fully saturated rings. The Hall–Kier alpha value is -0.230. The topological polar surface area (TPSA) is 57.2 Å². The summed E-state index contributed by atoms with van der Waals surface area (Å²) >= 11 is 0. The van der Waals surface area contributed by atoms with Crippen LogP contribution in [0.5, 0.6) is 0 Å². The highest BCUT2D eigenvalue weighted by Gasteiger charge is 2.35. The van der Waals surface area contributed by atoms with Gasteiger partial charge in [-0.2, -0.15) is 0 Å². The maximum atomic E-state index is 12.6. The van der Waals surface area contributed by atoms with Crippen LogP contribution in [0, 0.1) is 5.92 Å². The minimum atomic E-state index is -4.26. The largest absolute Gasteiger partial charge is 0.748 e. The van der Waals surface area contributed by atoms with E-state index in [2.05, 4.69) is 0 Å². The summed E-state index contributed by atoms with van der Waals surface area (Å²) in [6, 6.07) is 0. The first-order chi connectivity index (χ1) is 5.79. The van der Waals surface area contributed by atoms with E-state index in [-0.39, 0.29) is 31.6 Å². The molecule has 0 bridgehead atoms. The first-order valence-electron chi connectivity index (χ1n) is 4.10. The molecule has 0 amide bonds. The molecular weight excluding hydrogens is 202 g/mol. The molecule has 0 aromatic heterocycles. The van der Waals surface area contributed by atoms with Crippen LogP contribution in [0.25, 0.3) is 0 Å². The highest BCUT2D eigenvalue weighted by Crippen LogP contribution is 2.36. The van der Waals surface area contributed by atoms with Crippen LogP contribution in [-0.4, -0.2) is 24.6 Å². The fourth-order valence-corrected chi connectivity index (χ4v) is 2.47. The van der Waals surface area contributed by atoms with Crippen molar-refractivity contribution in [2.75, 3.05) is 5.75 Å². The minimum Gasteiger partial charge on any atom is -0.748 e. The first kappa shape index (κ1) is 10.8. The smallest absolute Gasteiger partial charge is 0.248 e. The average molecular weight is 213 g/mol. The van der Waals surface area contributed by atoms with Gasteiger partial charge < -0.3 is 4.55 Å². The molecule has 0 aromatic rings. The van der Waals surface area contributed by atoms with Gasteiger partial charge in [-0.05, 0) is 18.8 Å². The van der Waals surface area contributed by atoms with E-state index in [0.29, 0.717) is 0 Å². The van der Waals surface area contributed by atoms with Crippen LogP contribution in [0.15, 0.2) is 0 Å². The summed E-state index contributed by atoms with van der Waals surface area (Å²) in [6.45, 7) is 0. The standard InChI is InChI=1S/C7H12F2O3S/c8-7(9)3-1-6(2-4-7)5-13(10,11)12/h6H,1-5H2,(H,10,11,12)/p-1. The van der Waals surface area contributed by atoms with Gasteiger partial charge in [-0.15, -0.1) is 0 Å². The molecule has 0 saturated heterocycles. The molecule has 1 rings (SSSR count). The number of hydrogen-bond acceptors (Lipinski definition) is 3. The van der Waals surface area contributed by atoms with E-state index >= 15 is 0 Å². The van der Waals surface area contributed by atoms with Gasteiger partial charge in [-0.1, -0.05) is 0 Å². The number of hydrogen-bond donors (Lipinski definition) is 0. The van der Waals surface area contributed by atoms with Gasteiger partial charge in [0.05, 0.1) is 10.1 Å². The second kappa shape index (κ2) is 3.49. The van der Waals surface area contributed by atoms with Crippen molar-refractivity contribution in [2.24, 2.45) is 5.92 Å². The highest BCUT2D eigenvalue weighted by atomic mass is 32.2. The van der Waals surface area contributed by atoms with E-state index in [1.807, 2.05) is 0 Å². The van der Waals surface area contributed by atoms with Crippen molar-refractivity contribution in [3.05, 3.63) is 0 Å². The SMILES string of the molecule is O=S(=O)([O-])CC1CCC(F)(F)CC1. The molecule has 0 spiro atoms. The van der Waals surface area contributed by atoms with Gasteiger partial charge in [-0.25, -0.2) is 17.2 Å². The van der Waals surface area contributed by atoms with Crippen LogP contribution in [-0.2, 0) is 10.1 Å². The van der Waals surface area contributed by atoms with Crippen LogP contribution in [0.4, 0.5) is 8.78 Å². The van der Waals surface area contributed by atoms with Crippen molar-refractivity contribution in [3.63, 3.8) is 0 Å². The lowest BCUT2D eigenvalue weighted by Gasteiger charge is -2.28. The zero-order valence-corrected chi connectivity index (χ0v) is 7.82. The average Bonchev–Trinajstić information content (AvgIpc) is 1.91. The van der Waals surface area contributed by atoms with Crippen LogP contribution in [0.2, 0.25) is 0 Å². The van der Waals surface area contributed by atoms with Crippen LogP contribution in [0.3, 0.4) is 0 Å². The minimum absolute atomic E-state index is 0.133. The van der Waals surface area contributed by atoms with Crippen LogP contribution < -0.4 is 0 Å². The Labute approximate surface area is 75.9 Å². The van der Waals surface area contributed by atoms with Crippen molar-refractivity contribution < 1.29 is 21.8 Å². The van der Waals surface area contributed by atoms with Crippen molar-refractivity contribution in [1.82, 2.24) is 0 Å². The number of rotatable bonds is 2. The quantitative estimate of drug-likeness (QED) is 0.651. The Morgan fingerprint density at radius 3 is 2.15 bits per heavy atom. The molecular formula is C7H11F2O3S-. The van der Waals surface area contributed by atoms with Crippen molar-refractivity contribution in [1.29, 1.82) is 0 Å². The molecule has 0 heterocycles. The van der Waals surface area contributed by atoms with Crippen molar-refractivity contribution in [3.8, 4) is 0 Å². The summed E-state index contributed by atoms with van der Waals surface area (Å²) in [5.74, 6) is -3.53. The van der Waals surface area contributed by atoms with E-state index in [1.54, 1.807) is 0 Å². The number of alkyl halides is 2. The molecule has 6 heteroatoms. The summed E-state index contributed by atoms with van der Waals surface area (Å²) in [5.41, 5.74) is 0. The Morgan fingerprint density at radius 2 is 1.77 bits per heavy atom. The molecule has 3 nitrogen and oxygen atoms in total. The van der Waals surface area contributed by atoms with Gasteiger partial charge in [0.15, 0.2) is 0 Å². The Bertz CT molecular complexity index is 263. The zero-order chi connectivity index (χ0) is 10.1. The highest BCUT2D eigenvalue weighted by molar-refractivity contribution is 7.85. The van der Waals surface area contributed by atoms with E-state index in [0.717, 1.165) is 0 Å². The third-order valence-corrected chi connectivity index (χ3v) is 3.16. The van der Waals surface area contributed by atoms with E-state index in [9.17, 15) is 21.8 Å². The molecule has 1 saturated carbocycles. The molecule has 78 valence electrons. The number of halogens is 2. The Morgan fingerprint density at radius 1 is 1.31 bits per heavy atom. The summed E-state index contributed by atoms with van der Waals surface area (Å²) in [5, 5.41) is 0. The second-order valence-electron chi connectivity index (χ2n) is 3.52. The zero-order valence-electron chi connectivity index (χ0n) is 7.00. The third kappa shape index (κ3) is 3.99. The summed E-state index contributed by atoms with van der Waals surface area (Å²) in [7, 11) is -4.26. The predicted octanol–water partition coefficient (Wildman–Crippen LogP) is 1.36. The molecule has 0 radical (unpaired) electrons. The molecule has 13 heavy (non-hydrogen) atoms. The summed E-state index contributed by atoms with van der Waals surface area (Å²) in [6.07, 6.45) is -0.330. The van der Waals surface area contributed by atoms with Gasteiger partial charge in [0, 0.05) is 18.6 Å². The molecule has 0 atom stereocenters.